The average Bonchev–Trinajstić information content (AvgIpc) is 2.68. The Hall–Kier alpha value is -2.23. The molecular formula is C11H11ClF3N5O2. The first kappa shape index (κ1) is 16.1. The Kier molecular flexibility index (Phi) is 4.05. The highest BCUT2D eigenvalue weighted by atomic mass is 35.5. The number of aryl methyl sites for hydroxylation is 1. The first-order valence-corrected chi connectivity index (χ1v) is 6.31. The number of halogens is 4. The molecule has 0 bridgehead atoms. The Labute approximate surface area is 126 Å². The minimum absolute atomic E-state index is 0.258. The van der Waals surface area contributed by atoms with Gasteiger partial charge in [-0.2, -0.15) is 18.3 Å². The molecule has 7 nitrogen and oxygen atoms in total. The van der Waals surface area contributed by atoms with Crippen molar-refractivity contribution < 1.29 is 13.2 Å². The van der Waals surface area contributed by atoms with Gasteiger partial charge in [0.1, 0.15) is 17.5 Å². The summed E-state index contributed by atoms with van der Waals surface area (Å²) in [6.45, 7) is -1.89. The van der Waals surface area contributed by atoms with Crippen molar-refractivity contribution in [1.29, 1.82) is 0 Å². The summed E-state index contributed by atoms with van der Waals surface area (Å²) in [6, 6.07) is 2.16. The molecule has 0 unspecified atom stereocenters. The average molecular weight is 338 g/mol. The van der Waals surface area contributed by atoms with Crippen LogP contribution < -0.4 is 17.0 Å². The molecule has 0 amide bonds. The summed E-state index contributed by atoms with van der Waals surface area (Å²) in [5, 5.41) is 4.20. The molecule has 0 saturated carbocycles. The quantitative estimate of drug-likeness (QED) is 0.888. The number of nitrogens with two attached hydrogens (primary N) is 1. The SMILES string of the molecule is Cn1nc(Cn2c(=O)cc(N)n(CC(F)(F)F)c2=O)cc1Cl. The summed E-state index contributed by atoms with van der Waals surface area (Å²) in [5.41, 5.74) is 3.61. The molecule has 0 saturated heterocycles. The maximum absolute atomic E-state index is 12.5. The van der Waals surface area contributed by atoms with Crippen LogP contribution in [0.2, 0.25) is 5.15 Å². The van der Waals surface area contributed by atoms with E-state index in [0.29, 0.717) is 4.57 Å². The van der Waals surface area contributed by atoms with Gasteiger partial charge in [0, 0.05) is 19.2 Å². The van der Waals surface area contributed by atoms with E-state index in [9.17, 15) is 22.8 Å². The molecule has 2 N–H and O–H groups in total. The highest BCUT2D eigenvalue weighted by Gasteiger charge is 2.30. The van der Waals surface area contributed by atoms with Crippen LogP contribution in [0.5, 0.6) is 0 Å². The molecule has 120 valence electrons. The standard InChI is InChI=1S/C11H11ClF3N5O2/c1-18-7(12)2-6(17-18)4-19-9(21)3-8(16)20(10(19)22)5-11(13,14)15/h2-3H,4-5,16H2,1H3. The fraction of sp³-hybridized carbons (Fsp3) is 0.364. The summed E-state index contributed by atoms with van der Waals surface area (Å²) in [6.07, 6.45) is -4.64. The molecule has 2 rings (SSSR count). The van der Waals surface area contributed by atoms with E-state index in [2.05, 4.69) is 5.10 Å². The maximum Gasteiger partial charge on any atom is 0.406 e. The monoisotopic (exact) mass is 337 g/mol. The van der Waals surface area contributed by atoms with Gasteiger partial charge in [-0.3, -0.25) is 18.6 Å². The van der Waals surface area contributed by atoms with Gasteiger partial charge >= 0.3 is 11.9 Å². The van der Waals surface area contributed by atoms with E-state index >= 15 is 0 Å². The molecule has 0 aliphatic rings. The van der Waals surface area contributed by atoms with E-state index in [1.807, 2.05) is 0 Å². The van der Waals surface area contributed by atoms with Gasteiger partial charge in [0.2, 0.25) is 0 Å². The van der Waals surface area contributed by atoms with Crippen molar-refractivity contribution in [3.05, 3.63) is 43.8 Å². The molecular weight excluding hydrogens is 327 g/mol. The van der Waals surface area contributed by atoms with Gasteiger partial charge in [-0.15, -0.1) is 0 Å². The second kappa shape index (κ2) is 5.52. The van der Waals surface area contributed by atoms with Crippen LogP contribution in [0, 0.1) is 0 Å². The number of hydrogen-bond donors (Lipinski definition) is 1. The number of alkyl halides is 3. The van der Waals surface area contributed by atoms with Crippen LogP contribution in [0.25, 0.3) is 0 Å². The number of anilines is 1. The third kappa shape index (κ3) is 3.32. The van der Waals surface area contributed by atoms with Gasteiger partial charge in [-0.25, -0.2) is 4.79 Å². The van der Waals surface area contributed by atoms with E-state index in [1.54, 1.807) is 7.05 Å². The van der Waals surface area contributed by atoms with Crippen LogP contribution in [0.3, 0.4) is 0 Å². The molecule has 0 atom stereocenters. The third-order valence-electron chi connectivity index (χ3n) is 2.84. The Morgan fingerprint density at radius 3 is 2.41 bits per heavy atom. The van der Waals surface area contributed by atoms with Gasteiger partial charge in [0.25, 0.3) is 5.56 Å². The molecule has 0 aliphatic carbocycles. The molecule has 0 spiro atoms. The lowest BCUT2D eigenvalue weighted by Crippen LogP contribution is -2.42. The zero-order valence-corrected chi connectivity index (χ0v) is 12.0. The van der Waals surface area contributed by atoms with Crippen LogP contribution in [0.15, 0.2) is 21.7 Å². The van der Waals surface area contributed by atoms with Crippen molar-refractivity contribution in [1.82, 2.24) is 18.9 Å². The minimum Gasteiger partial charge on any atom is -0.385 e. The van der Waals surface area contributed by atoms with Crippen LogP contribution >= 0.6 is 11.6 Å². The van der Waals surface area contributed by atoms with Gasteiger partial charge < -0.3 is 5.73 Å². The Morgan fingerprint density at radius 2 is 1.91 bits per heavy atom. The topological polar surface area (TPSA) is 87.8 Å². The first-order chi connectivity index (χ1) is 10.1. The largest absolute Gasteiger partial charge is 0.406 e. The number of hydrogen-bond acceptors (Lipinski definition) is 4. The van der Waals surface area contributed by atoms with Crippen LogP contribution in [-0.4, -0.2) is 25.1 Å². The molecule has 0 aliphatic heterocycles. The number of nitrogen functional groups attached to an aromatic ring is 1. The molecule has 11 heteroatoms. The van der Waals surface area contributed by atoms with Gasteiger partial charge in [-0.1, -0.05) is 11.6 Å². The summed E-state index contributed by atoms with van der Waals surface area (Å²) in [5.74, 6) is -0.553. The number of aromatic nitrogens is 4. The van der Waals surface area contributed by atoms with Crippen molar-refractivity contribution >= 4 is 17.4 Å². The van der Waals surface area contributed by atoms with Gasteiger partial charge in [-0.05, 0) is 0 Å². The summed E-state index contributed by atoms with van der Waals surface area (Å²) in [4.78, 5) is 23.9. The predicted octanol–water partition coefficient (Wildman–Crippen LogP) is 0.590. The normalized spacial score (nSPS) is 11.9. The van der Waals surface area contributed by atoms with E-state index < -0.39 is 29.8 Å². The molecule has 22 heavy (non-hydrogen) atoms. The highest BCUT2D eigenvalue weighted by Crippen LogP contribution is 2.17. The van der Waals surface area contributed by atoms with E-state index in [1.165, 1.54) is 10.7 Å². The van der Waals surface area contributed by atoms with Crippen LogP contribution in [0.1, 0.15) is 5.69 Å². The van der Waals surface area contributed by atoms with Crippen molar-refractivity contribution in [3.8, 4) is 0 Å². The van der Waals surface area contributed by atoms with Crippen LogP contribution in [0.4, 0.5) is 19.0 Å². The molecule has 0 fully saturated rings. The fourth-order valence-electron chi connectivity index (χ4n) is 1.86. The van der Waals surface area contributed by atoms with Gasteiger partial charge in [0.05, 0.1) is 12.2 Å². The van der Waals surface area contributed by atoms with Crippen molar-refractivity contribution in [2.75, 3.05) is 5.73 Å². The Morgan fingerprint density at radius 1 is 1.27 bits per heavy atom. The lowest BCUT2D eigenvalue weighted by Gasteiger charge is -2.13. The Bertz CT molecular complexity index is 801. The lowest BCUT2D eigenvalue weighted by atomic mass is 10.4. The third-order valence-corrected chi connectivity index (χ3v) is 3.20. The number of rotatable bonds is 3. The molecule has 2 heterocycles. The van der Waals surface area contributed by atoms with E-state index in [0.717, 1.165) is 6.07 Å². The zero-order chi connectivity index (χ0) is 16.7. The minimum atomic E-state index is -4.64. The second-order valence-corrected chi connectivity index (χ2v) is 4.95. The number of nitrogens with zero attached hydrogens (tertiary/aromatic N) is 4. The predicted molar refractivity (Wildman–Crippen MR) is 72.7 cm³/mol. The fourth-order valence-corrected chi connectivity index (χ4v) is 2.02. The molecule has 0 aromatic carbocycles. The summed E-state index contributed by atoms with van der Waals surface area (Å²) >= 11 is 5.78. The highest BCUT2D eigenvalue weighted by molar-refractivity contribution is 6.29. The van der Waals surface area contributed by atoms with E-state index in [-0.39, 0.29) is 22.0 Å². The molecule has 2 aromatic rings. The molecule has 2 aromatic heterocycles. The Balaban J connectivity index is 2.50. The van der Waals surface area contributed by atoms with Crippen LogP contribution in [-0.2, 0) is 20.1 Å². The lowest BCUT2D eigenvalue weighted by molar-refractivity contribution is -0.141. The molecule has 0 radical (unpaired) electrons. The maximum atomic E-state index is 12.5. The van der Waals surface area contributed by atoms with Crippen molar-refractivity contribution in [3.63, 3.8) is 0 Å². The first-order valence-electron chi connectivity index (χ1n) is 5.94. The second-order valence-electron chi connectivity index (χ2n) is 4.56. The van der Waals surface area contributed by atoms with Crippen molar-refractivity contribution in [2.45, 2.75) is 19.3 Å². The zero-order valence-electron chi connectivity index (χ0n) is 11.3. The summed E-state index contributed by atoms with van der Waals surface area (Å²) in [7, 11) is 1.54. The van der Waals surface area contributed by atoms with E-state index in [4.69, 9.17) is 17.3 Å². The smallest absolute Gasteiger partial charge is 0.385 e. The summed E-state index contributed by atoms with van der Waals surface area (Å²) < 4.78 is 39.6. The van der Waals surface area contributed by atoms with Gasteiger partial charge in [0.15, 0.2) is 0 Å². The van der Waals surface area contributed by atoms with Crippen molar-refractivity contribution in [2.24, 2.45) is 7.05 Å².